The van der Waals surface area contributed by atoms with Crippen molar-refractivity contribution >= 4 is 23.7 Å². The molecular weight excluding hydrogens is 290 g/mol. The van der Waals surface area contributed by atoms with Gasteiger partial charge in [0.15, 0.2) is 6.20 Å². The van der Waals surface area contributed by atoms with Gasteiger partial charge in [0, 0.05) is 18.2 Å². The molecular formula is C14H19N3O3S. The van der Waals surface area contributed by atoms with E-state index in [1.165, 1.54) is 6.20 Å². The molecule has 0 aliphatic heterocycles. The Labute approximate surface area is 127 Å². The lowest BCUT2D eigenvalue weighted by atomic mass is 10.2. The van der Waals surface area contributed by atoms with E-state index in [0.29, 0.717) is 9.76 Å². The maximum absolute atomic E-state index is 11.9. The Balaban J connectivity index is 1.81. The highest BCUT2D eigenvalue weighted by Crippen LogP contribution is 2.19. The summed E-state index contributed by atoms with van der Waals surface area (Å²) in [7, 11) is 0. The first kappa shape index (κ1) is 15.6. The molecule has 114 valence electrons. The Morgan fingerprint density at radius 1 is 1.38 bits per heavy atom. The average Bonchev–Trinajstić information content (AvgIpc) is 2.93. The smallest absolute Gasteiger partial charge is 0.321 e. The number of urea groups is 1. The fraction of sp³-hybridized carbons (Fsp3) is 0.500. The van der Waals surface area contributed by atoms with Crippen LogP contribution in [0.4, 0.5) is 4.79 Å². The van der Waals surface area contributed by atoms with Crippen LogP contribution in [0.15, 0.2) is 29.4 Å². The molecule has 0 spiro atoms. The second kappa shape index (κ2) is 7.31. The van der Waals surface area contributed by atoms with E-state index in [-0.39, 0.29) is 6.04 Å². The third-order valence-electron chi connectivity index (χ3n) is 3.38. The van der Waals surface area contributed by atoms with Crippen LogP contribution in [0.1, 0.15) is 32.6 Å². The summed E-state index contributed by atoms with van der Waals surface area (Å²) >= 11 is 1.12. The van der Waals surface area contributed by atoms with Crippen LogP contribution in [-0.2, 0) is 4.79 Å². The van der Waals surface area contributed by atoms with Gasteiger partial charge in [-0.2, -0.15) is 4.73 Å². The molecule has 21 heavy (non-hydrogen) atoms. The first-order valence-corrected chi connectivity index (χ1v) is 7.90. The number of imide groups is 1. The summed E-state index contributed by atoms with van der Waals surface area (Å²) in [5, 5.41) is 16.5. The number of nitrogens with zero attached hydrogens (tertiary/aromatic N) is 1. The topological polar surface area (TPSA) is 85.1 Å². The molecule has 1 aliphatic rings. The Kier molecular flexibility index (Phi) is 5.44. The maximum Gasteiger partial charge on any atom is 0.321 e. The van der Waals surface area contributed by atoms with E-state index >= 15 is 0 Å². The zero-order valence-electron chi connectivity index (χ0n) is 11.9. The molecule has 3 amide bonds. The number of hydrogen-bond donors (Lipinski definition) is 2. The second-order valence-electron chi connectivity index (χ2n) is 5.07. The number of rotatable bonds is 4. The van der Waals surface area contributed by atoms with Crippen molar-refractivity contribution in [2.75, 3.05) is 0 Å². The van der Waals surface area contributed by atoms with Crippen molar-refractivity contribution in [3.05, 3.63) is 29.6 Å². The lowest BCUT2D eigenvalue weighted by Crippen LogP contribution is -2.46. The summed E-state index contributed by atoms with van der Waals surface area (Å²) < 4.78 is 0.701. The van der Waals surface area contributed by atoms with Gasteiger partial charge in [-0.15, -0.1) is 0 Å². The average molecular weight is 309 g/mol. The Morgan fingerprint density at radius 2 is 2.10 bits per heavy atom. The summed E-state index contributed by atoms with van der Waals surface area (Å²) in [6, 6.07) is 4.70. The SMILES string of the molecule is C[C@H](Sc1cccc[n+]1[O-])C(=O)NC(=O)NC1CCCC1. The molecule has 1 aliphatic carbocycles. The van der Waals surface area contributed by atoms with Gasteiger partial charge in [-0.05, 0) is 37.6 Å². The van der Waals surface area contributed by atoms with Crippen molar-refractivity contribution in [2.24, 2.45) is 0 Å². The third-order valence-corrected chi connectivity index (χ3v) is 4.51. The van der Waals surface area contributed by atoms with Gasteiger partial charge in [0.25, 0.3) is 5.03 Å². The van der Waals surface area contributed by atoms with E-state index in [2.05, 4.69) is 10.6 Å². The number of aromatic nitrogens is 1. The molecule has 0 aromatic carbocycles. The van der Waals surface area contributed by atoms with Crippen LogP contribution in [0.5, 0.6) is 0 Å². The summed E-state index contributed by atoms with van der Waals surface area (Å²) in [5.41, 5.74) is 0. The predicted octanol–water partition coefficient (Wildman–Crippen LogP) is 1.57. The van der Waals surface area contributed by atoms with Gasteiger partial charge in [-0.25, -0.2) is 4.79 Å². The van der Waals surface area contributed by atoms with Gasteiger partial charge in [-0.3, -0.25) is 10.1 Å². The molecule has 2 rings (SSSR count). The number of amides is 3. The van der Waals surface area contributed by atoms with E-state index in [9.17, 15) is 14.8 Å². The largest absolute Gasteiger partial charge is 0.618 e. The van der Waals surface area contributed by atoms with E-state index in [1.54, 1.807) is 25.1 Å². The van der Waals surface area contributed by atoms with Crippen molar-refractivity contribution < 1.29 is 14.3 Å². The highest BCUT2D eigenvalue weighted by atomic mass is 32.2. The van der Waals surface area contributed by atoms with Gasteiger partial charge in [0.05, 0.1) is 5.25 Å². The highest BCUT2D eigenvalue weighted by molar-refractivity contribution is 8.00. The number of carbonyl (C=O) groups is 2. The van der Waals surface area contributed by atoms with Crippen LogP contribution in [0.25, 0.3) is 0 Å². The molecule has 7 heteroatoms. The quantitative estimate of drug-likeness (QED) is 0.502. The minimum atomic E-state index is -0.526. The standard InChI is InChI=1S/C14H19N3O3S/c1-10(21-12-8-4-5-9-17(12)20)13(18)16-14(19)15-11-6-2-3-7-11/h4-5,8-11H,2-3,6-7H2,1H3,(H2,15,16,18,19)/t10-/m0/s1. The van der Waals surface area contributed by atoms with Crippen LogP contribution in [-0.4, -0.2) is 23.2 Å². The van der Waals surface area contributed by atoms with Crippen LogP contribution in [0, 0.1) is 5.21 Å². The van der Waals surface area contributed by atoms with Crippen molar-refractivity contribution in [1.29, 1.82) is 0 Å². The van der Waals surface area contributed by atoms with Crippen LogP contribution < -0.4 is 15.4 Å². The molecule has 6 nitrogen and oxygen atoms in total. The number of pyridine rings is 1. The fourth-order valence-corrected chi connectivity index (χ4v) is 3.09. The second-order valence-corrected chi connectivity index (χ2v) is 6.43. The van der Waals surface area contributed by atoms with Crippen LogP contribution in [0.3, 0.4) is 0 Å². The van der Waals surface area contributed by atoms with Crippen molar-refractivity contribution in [1.82, 2.24) is 10.6 Å². The molecule has 0 radical (unpaired) electrons. The molecule has 2 N–H and O–H groups in total. The number of nitrogens with one attached hydrogen (secondary N) is 2. The Bertz CT molecular complexity index is 518. The van der Waals surface area contributed by atoms with Gasteiger partial charge in [-0.1, -0.05) is 12.8 Å². The fourth-order valence-electron chi connectivity index (χ4n) is 2.24. The maximum atomic E-state index is 11.9. The first-order chi connectivity index (χ1) is 10.1. The molecule has 1 atom stereocenters. The minimum Gasteiger partial charge on any atom is -0.618 e. The van der Waals surface area contributed by atoms with Gasteiger partial charge < -0.3 is 10.5 Å². The van der Waals surface area contributed by atoms with E-state index in [0.717, 1.165) is 37.4 Å². The lowest BCUT2D eigenvalue weighted by molar-refractivity contribution is -0.645. The summed E-state index contributed by atoms with van der Waals surface area (Å²) in [6.07, 6.45) is 5.53. The summed E-state index contributed by atoms with van der Waals surface area (Å²) in [4.78, 5) is 23.7. The van der Waals surface area contributed by atoms with Gasteiger partial charge >= 0.3 is 6.03 Å². The highest BCUT2D eigenvalue weighted by Gasteiger charge is 2.22. The van der Waals surface area contributed by atoms with E-state index in [4.69, 9.17) is 0 Å². The minimum absolute atomic E-state index is 0.165. The molecule has 1 aromatic rings. The Morgan fingerprint density at radius 3 is 2.76 bits per heavy atom. The predicted molar refractivity (Wildman–Crippen MR) is 79.7 cm³/mol. The number of hydrogen-bond acceptors (Lipinski definition) is 4. The van der Waals surface area contributed by atoms with Gasteiger partial charge in [0.2, 0.25) is 5.91 Å². The molecule has 1 aromatic heterocycles. The van der Waals surface area contributed by atoms with E-state index in [1.807, 2.05) is 0 Å². The normalized spacial score (nSPS) is 16.4. The van der Waals surface area contributed by atoms with Crippen LogP contribution >= 0.6 is 11.8 Å². The third kappa shape index (κ3) is 4.63. The monoisotopic (exact) mass is 309 g/mol. The summed E-state index contributed by atoms with van der Waals surface area (Å²) in [5.74, 6) is -0.403. The molecule has 0 unspecified atom stereocenters. The van der Waals surface area contributed by atoms with Crippen molar-refractivity contribution in [3.8, 4) is 0 Å². The number of thioether (sulfide) groups is 1. The summed E-state index contributed by atoms with van der Waals surface area (Å²) in [6.45, 7) is 1.66. The van der Waals surface area contributed by atoms with E-state index < -0.39 is 17.2 Å². The van der Waals surface area contributed by atoms with Crippen molar-refractivity contribution in [2.45, 2.75) is 48.9 Å². The first-order valence-electron chi connectivity index (χ1n) is 7.02. The zero-order valence-corrected chi connectivity index (χ0v) is 12.7. The lowest BCUT2D eigenvalue weighted by Gasteiger charge is -2.14. The zero-order chi connectivity index (χ0) is 15.2. The Hall–Kier alpha value is -1.76. The molecule has 1 heterocycles. The van der Waals surface area contributed by atoms with Crippen LogP contribution in [0.2, 0.25) is 0 Å². The van der Waals surface area contributed by atoms with Gasteiger partial charge in [0.1, 0.15) is 0 Å². The molecule has 0 bridgehead atoms. The molecule has 1 fully saturated rings. The number of carbonyl (C=O) groups excluding carboxylic acids is 2. The molecule has 0 saturated heterocycles. The molecule has 1 saturated carbocycles. The van der Waals surface area contributed by atoms with Crippen molar-refractivity contribution in [3.63, 3.8) is 0 Å².